The first-order valence-electron chi connectivity index (χ1n) is 9.11. The fraction of sp³-hybridized carbons (Fsp3) is 0.409. The van der Waals surface area contributed by atoms with E-state index in [0.717, 1.165) is 13.1 Å². The molecule has 1 atom stereocenters. The summed E-state index contributed by atoms with van der Waals surface area (Å²) in [6.45, 7) is 10.1. The molecule has 0 amide bonds. The summed E-state index contributed by atoms with van der Waals surface area (Å²) in [5.74, 6) is 5.37. The molecule has 0 bridgehead atoms. The minimum atomic E-state index is -1.85. The summed E-state index contributed by atoms with van der Waals surface area (Å²) in [6.07, 6.45) is 0. The molecule has 144 valence electrons. The number of esters is 1. The molecule has 27 heavy (non-hydrogen) atoms. The predicted molar refractivity (Wildman–Crippen MR) is 109 cm³/mol. The molecule has 2 rings (SSSR count). The van der Waals surface area contributed by atoms with Crippen LogP contribution in [0.4, 0.5) is 0 Å². The highest BCUT2D eigenvalue weighted by molar-refractivity contribution is 7.10. The third kappa shape index (κ3) is 5.20. The number of hydrogen-bond acceptors (Lipinski definition) is 5. The van der Waals surface area contributed by atoms with Crippen LogP contribution < -0.4 is 0 Å². The van der Waals surface area contributed by atoms with Crippen molar-refractivity contribution in [2.24, 2.45) is 0 Å². The van der Waals surface area contributed by atoms with Crippen LogP contribution in [0.3, 0.4) is 0 Å². The quantitative estimate of drug-likeness (QED) is 0.584. The zero-order valence-electron chi connectivity index (χ0n) is 16.4. The molecule has 1 aromatic carbocycles. The topological polar surface area (TPSA) is 49.8 Å². The molecule has 1 N–H and O–H groups in total. The molecule has 2 aromatic rings. The Hall–Kier alpha value is -2.13. The lowest BCUT2D eigenvalue weighted by Crippen LogP contribution is -2.42. The van der Waals surface area contributed by atoms with E-state index in [2.05, 4.69) is 30.6 Å². The van der Waals surface area contributed by atoms with Gasteiger partial charge in [0.05, 0.1) is 11.4 Å². The maximum absolute atomic E-state index is 13.0. The van der Waals surface area contributed by atoms with Gasteiger partial charge in [0.1, 0.15) is 0 Å². The highest BCUT2D eigenvalue weighted by Gasteiger charge is 2.44. The van der Waals surface area contributed by atoms with E-state index in [4.69, 9.17) is 4.74 Å². The second-order valence-electron chi connectivity index (χ2n) is 6.72. The van der Waals surface area contributed by atoms with E-state index >= 15 is 0 Å². The lowest BCUT2D eigenvalue weighted by Gasteiger charge is -2.29. The first kappa shape index (κ1) is 21.2. The standard InChI is InChI=1S/C22H27NO3S/c1-5-23(6-2)16-11-15-21(3,4)26-20(24)22(25,19-14-10-17-27-19)18-12-8-7-9-13-18/h7-10,12-14,17,25H,5-6,16H2,1-4H3. The first-order chi connectivity index (χ1) is 12.8. The Labute approximate surface area is 165 Å². The molecule has 0 radical (unpaired) electrons. The van der Waals surface area contributed by atoms with Crippen molar-refractivity contribution in [1.82, 2.24) is 4.90 Å². The first-order valence-corrected chi connectivity index (χ1v) is 9.99. The van der Waals surface area contributed by atoms with Crippen molar-refractivity contribution in [2.45, 2.75) is 38.9 Å². The summed E-state index contributed by atoms with van der Waals surface area (Å²) in [5.41, 5.74) is -2.39. The predicted octanol–water partition coefficient (Wildman–Crippen LogP) is 3.65. The number of benzene rings is 1. The largest absolute Gasteiger partial charge is 0.444 e. The van der Waals surface area contributed by atoms with Gasteiger partial charge in [-0.2, -0.15) is 0 Å². The second-order valence-corrected chi connectivity index (χ2v) is 7.66. The van der Waals surface area contributed by atoms with Gasteiger partial charge in [-0.15, -0.1) is 11.3 Å². The van der Waals surface area contributed by atoms with Crippen molar-refractivity contribution >= 4 is 17.3 Å². The fourth-order valence-electron chi connectivity index (χ4n) is 2.67. The fourth-order valence-corrected chi connectivity index (χ4v) is 3.50. The Balaban J connectivity index is 2.25. The Morgan fingerprint density at radius 1 is 1.15 bits per heavy atom. The number of aliphatic hydroxyl groups is 1. The van der Waals surface area contributed by atoms with E-state index in [-0.39, 0.29) is 0 Å². The third-order valence-electron chi connectivity index (χ3n) is 4.30. The van der Waals surface area contributed by atoms with Gasteiger partial charge in [-0.25, -0.2) is 4.79 Å². The molecule has 0 aliphatic carbocycles. The second kappa shape index (κ2) is 9.18. The molecule has 0 saturated carbocycles. The van der Waals surface area contributed by atoms with Crippen LogP contribution in [0.2, 0.25) is 0 Å². The molecule has 0 aliphatic rings. The molecular weight excluding hydrogens is 358 g/mol. The maximum Gasteiger partial charge on any atom is 0.350 e. The summed E-state index contributed by atoms with van der Waals surface area (Å²) in [7, 11) is 0. The average Bonchev–Trinajstić information content (AvgIpc) is 3.20. The lowest BCUT2D eigenvalue weighted by atomic mass is 9.92. The molecule has 4 nitrogen and oxygen atoms in total. The van der Waals surface area contributed by atoms with Gasteiger partial charge in [-0.05, 0) is 38.4 Å². The lowest BCUT2D eigenvalue weighted by molar-refractivity contribution is -0.170. The number of carbonyl (C=O) groups excluding carboxylic acids is 1. The smallest absolute Gasteiger partial charge is 0.350 e. The molecular formula is C22H27NO3S. The molecule has 5 heteroatoms. The molecule has 1 heterocycles. The SMILES string of the molecule is CCN(CC)CC#CC(C)(C)OC(=O)C(O)(c1ccccc1)c1cccs1. The molecule has 0 fully saturated rings. The number of ether oxygens (including phenoxy) is 1. The van der Waals surface area contributed by atoms with E-state index in [0.29, 0.717) is 17.0 Å². The van der Waals surface area contributed by atoms with Gasteiger partial charge < -0.3 is 9.84 Å². The molecule has 0 aliphatic heterocycles. The summed E-state index contributed by atoms with van der Waals surface area (Å²) < 4.78 is 5.66. The Morgan fingerprint density at radius 3 is 2.37 bits per heavy atom. The highest BCUT2D eigenvalue weighted by atomic mass is 32.1. The van der Waals surface area contributed by atoms with Crippen molar-refractivity contribution in [2.75, 3.05) is 19.6 Å². The van der Waals surface area contributed by atoms with Crippen molar-refractivity contribution in [1.29, 1.82) is 0 Å². The minimum Gasteiger partial charge on any atom is -0.444 e. The molecule has 0 spiro atoms. The number of rotatable bonds is 7. The number of thiophene rings is 1. The summed E-state index contributed by atoms with van der Waals surface area (Å²) >= 11 is 1.31. The number of hydrogen-bond donors (Lipinski definition) is 1. The van der Waals surface area contributed by atoms with Crippen molar-refractivity contribution in [3.8, 4) is 11.8 Å². The average molecular weight is 386 g/mol. The van der Waals surface area contributed by atoms with Crippen LogP contribution in [0.1, 0.15) is 38.1 Å². The van der Waals surface area contributed by atoms with E-state index in [1.54, 1.807) is 50.2 Å². The van der Waals surface area contributed by atoms with Gasteiger partial charge >= 0.3 is 5.97 Å². The molecule has 1 unspecified atom stereocenters. The van der Waals surface area contributed by atoms with Crippen LogP contribution in [-0.2, 0) is 15.1 Å². The monoisotopic (exact) mass is 385 g/mol. The van der Waals surface area contributed by atoms with Crippen molar-refractivity contribution in [3.05, 3.63) is 58.3 Å². The van der Waals surface area contributed by atoms with Crippen LogP contribution in [-0.4, -0.2) is 41.2 Å². The summed E-state index contributed by atoms with van der Waals surface area (Å²) in [5, 5.41) is 13.2. The summed E-state index contributed by atoms with van der Waals surface area (Å²) in [4.78, 5) is 15.7. The summed E-state index contributed by atoms with van der Waals surface area (Å²) in [6, 6.07) is 12.4. The Bertz CT molecular complexity index is 786. The van der Waals surface area contributed by atoms with Crippen LogP contribution in [0.15, 0.2) is 47.8 Å². The number of carbonyl (C=O) groups is 1. The van der Waals surface area contributed by atoms with Crippen LogP contribution in [0, 0.1) is 11.8 Å². The Kier molecular flexibility index (Phi) is 7.20. The van der Waals surface area contributed by atoms with E-state index in [9.17, 15) is 9.90 Å². The molecule has 1 aromatic heterocycles. The van der Waals surface area contributed by atoms with Crippen LogP contribution in [0.5, 0.6) is 0 Å². The van der Waals surface area contributed by atoms with Crippen LogP contribution in [0.25, 0.3) is 0 Å². The van der Waals surface area contributed by atoms with Crippen molar-refractivity contribution < 1.29 is 14.6 Å². The van der Waals surface area contributed by atoms with Gasteiger partial charge in [0.2, 0.25) is 5.60 Å². The highest BCUT2D eigenvalue weighted by Crippen LogP contribution is 2.35. The number of nitrogens with zero attached hydrogens (tertiary/aromatic N) is 1. The zero-order valence-corrected chi connectivity index (χ0v) is 17.2. The van der Waals surface area contributed by atoms with E-state index in [1.807, 2.05) is 11.4 Å². The van der Waals surface area contributed by atoms with Gasteiger partial charge in [0.25, 0.3) is 0 Å². The third-order valence-corrected chi connectivity index (χ3v) is 5.28. The van der Waals surface area contributed by atoms with Gasteiger partial charge in [0.15, 0.2) is 5.60 Å². The van der Waals surface area contributed by atoms with Gasteiger partial charge in [-0.1, -0.05) is 62.1 Å². The van der Waals surface area contributed by atoms with Crippen molar-refractivity contribution in [3.63, 3.8) is 0 Å². The van der Waals surface area contributed by atoms with E-state index in [1.165, 1.54) is 11.3 Å². The normalized spacial score (nSPS) is 13.6. The van der Waals surface area contributed by atoms with E-state index < -0.39 is 17.2 Å². The molecule has 0 saturated heterocycles. The maximum atomic E-state index is 13.0. The minimum absolute atomic E-state index is 0.476. The van der Waals surface area contributed by atoms with Gasteiger partial charge in [-0.3, -0.25) is 4.90 Å². The zero-order chi connectivity index (χ0) is 19.9. The van der Waals surface area contributed by atoms with Gasteiger partial charge in [0, 0.05) is 5.56 Å². The van der Waals surface area contributed by atoms with Crippen LogP contribution >= 0.6 is 11.3 Å². The Morgan fingerprint density at radius 2 is 1.81 bits per heavy atom.